The summed E-state index contributed by atoms with van der Waals surface area (Å²) >= 11 is 0. The lowest BCUT2D eigenvalue weighted by molar-refractivity contribution is -0.144. The molecule has 54 heavy (non-hydrogen) atoms. The van der Waals surface area contributed by atoms with Gasteiger partial charge in [0.05, 0.1) is 5.39 Å². The molecule has 6 aromatic rings. The summed E-state index contributed by atoms with van der Waals surface area (Å²) in [6.07, 6.45) is 0.544. The van der Waals surface area contributed by atoms with E-state index in [1.54, 1.807) is 0 Å². The van der Waals surface area contributed by atoms with Gasteiger partial charge in [0.1, 0.15) is 31.8 Å². The maximum Gasteiger partial charge on any atom is 0.413 e. The number of carboxylic acid groups (broad SMARTS) is 1. The SMILES string of the molecule is O=C(O)CN(CCNC(=O)OCC1c2ccccc2-c2ccccc21)C(=O)Cn1cc2c(NC(=O)OC(c3ccccc3)c3ccccc3)ncnc2n1. The van der Waals surface area contributed by atoms with Crippen molar-refractivity contribution in [1.29, 1.82) is 0 Å². The molecular formula is C40H35N7O7. The van der Waals surface area contributed by atoms with Gasteiger partial charge in [-0.2, -0.15) is 5.10 Å². The highest BCUT2D eigenvalue weighted by Crippen LogP contribution is 2.44. The number of carbonyl (C=O) groups excluding carboxylic acids is 3. The van der Waals surface area contributed by atoms with Crippen LogP contribution in [0.15, 0.2) is 122 Å². The molecule has 3 N–H and O–H groups in total. The predicted octanol–water partition coefficient (Wildman–Crippen LogP) is 5.62. The fraction of sp³-hybridized carbons (Fsp3) is 0.175. The smallest absolute Gasteiger partial charge is 0.413 e. The number of hydrogen-bond acceptors (Lipinski definition) is 9. The molecule has 0 saturated carbocycles. The van der Waals surface area contributed by atoms with Crippen molar-refractivity contribution in [1.82, 2.24) is 30.0 Å². The van der Waals surface area contributed by atoms with Gasteiger partial charge in [-0.3, -0.25) is 19.6 Å². The van der Waals surface area contributed by atoms with Gasteiger partial charge < -0.3 is 24.8 Å². The topological polar surface area (TPSA) is 178 Å². The Morgan fingerprint density at radius 1 is 0.796 bits per heavy atom. The summed E-state index contributed by atoms with van der Waals surface area (Å²) in [5.74, 6) is -1.81. The van der Waals surface area contributed by atoms with E-state index in [0.29, 0.717) is 5.39 Å². The van der Waals surface area contributed by atoms with Gasteiger partial charge >= 0.3 is 18.2 Å². The van der Waals surface area contributed by atoms with Gasteiger partial charge in [-0.25, -0.2) is 19.6 Å². The van der Waals surface area contributed by atoms with Crippen LogP contribution >= 0.6 is 0 Å². The average molecular weight is 726 g/mol. The number of anilines is 1. The molecule has 0 spiro atoms. The zero-order valence-corrected chi connectivity index (χ0v) is 28.9. The predicted molar refractivity (Wildman–Crippen MR) is 197 cm³/mol. The van der Waals surface area contributed by atoms with E-state index in [1.165, 1.54) is 17.2 Å². The summed E-state index contributed by atoms with van der Waals surface area (Å²) in [6.45, 7) is -0.983. The Balaban J connectivity index is 0.957. The van der Waals surface area contributed by atoms with E-state index in [2.05, 4.69) is 25.7 Å². The monoisotopic (exact) mass is 725 g/mol. The van der Waals surface area contributed by atoms with Gasteiger partial charge in [0.25, 0.3) is 0 Å². The molecule has 2 aromatic heterocycles. The molecular weight excluding hydrogens is 690 g/mol. The molecule has 2 heterocycles. The minimum Gasteiger partial charge on any atom is -0.480 e. The van der Waals surface area contributed by atoms with Crippen LogP contribution in [0.2, 0.25) is 0 Å². The van der Waals surface area contributed by atoms with E-state index in [1.807, 2.05) is 109 Å². The normalized spacial score (nSPS) is 11.8. The van der Waals surface area contributed by atoms with Crippen LogP contribution in [-0.2, 0) is 25.6 Å². The highest BCUT2D eigenvalue weighted by Gasteiger charge is 2.29. The van der Waals surface area contributed by atoms with E-state index < -0.39 is 36.7 Å². The highest BCUT2D eigenvalue weighted by molar-refractivity contribution is 5.95. The van der Waals surface area contributed by atoms with E-state index in [4.69, 9.17) is 9.47 Å². The Hall–Kier alpha value is -7.09. The second-order valence-electron chi connectivity index (χ2n) is 12.5. The first-order valence-electron chi connectivity index (χ1n) is 17.2. The average Bonchev–Trinajstić information content (AvgIpc) is 3.75. The van der Waals surface area contributed by atoms with Crippen LogP contribution in [0.25, 0.3) is 22.2 Å². The Morgan fingerprint density at radius 3 is 2.04 bits per heavy atom. The van der Waals surface area contributed by atoms with E-state index >= 15 is 0 Å². The first-order chi connectivity index (χ1) is 26.3. The van der Waals surface area contributed by atoms with Gasteiger partial charge in [0, 0.05) is 25.2 Å². The van der Waals surface area contributed by atoms with Crippen molar-refractivity contribution in [2.75, 3.05) is 31.6 Å². The van der Waals surface area contributed by atoms with Gasteiger partial charge in [-0.1, -0.05) is 109 Å². The number of benzene rings is 4. The Bertz CT molecular complexity index is 2210. The van der Waals surface area contributed by atoms with Crippen LogP contribution in [0, 0.1) is 0 Å². The van der Waals surface area contributed by atoms with E-state index in [-0.39, 0.29) is 43.6 Å². The van der Waals surface area contributed by atoms with Crippen molar-refractivity contribution >= 4 is 40.9 Å². The van der Waals surface area contributed by atoms with Crippen molar-refractivity contribution in [2.24, 2.45) is 0 Å². The summed E-state index contributed by atoms with van der Waals surface area (Å²) in [5.41, 5.74) is 6.10. The van der Waals surface area contributed by atoms with Crippen LogP contribution in [0.4, 0.5) is 15.4 Å². The number of nitrogens with zero attached hydrogens (tertiary/aromatic N) is 5. The van der Waals surface area contributed by atoms with Crippen LogP contribution in [0.3, 0.4) is 0 Å². The van der Waals surface area contributed by atoms with Crippen molar-refractivity contribution in [3.05, 3.63) is 144 Å². The summed E-state index contributed by atoms with van der Waals surface area (Å²) in [4.78, 5) is 60.3. The minimum atomic E-state index is -1.23. The third-order valence-corrected chi connectivity index (χ3v) is 8.98. The molecule has 0 fully saturated rings. The van der Waals surface area contributed by atoms with Gasteiger partial charge in [0.2, 0.25) is 5.91 Å². The first-order valence-corrected chi connectivity index (χ1v) is 17.2. The molecule has 0 bridgehead atoms. The number of hydrogen-bond donors (Lipinski definition) is 3. The van der Waals surface area contributed by atoms with Crippen molar-refractivity contribution in [3.8, 4) is 11.1 Å². The maximum atomic E-state index is 13.3. The molecule has 1 aliphatic carbocycles. The van der Waals surface area contributed by atoms with Crippen LogP contribution < -0.4 is 10.6 Å². The molecule has 1 aliphatic rings. The number of amides is 3. The molecule has 0 saturated heterocycles. The second-order valence-corrected chi connectivity index (χ2v) is 12.5. The molecule has 3 amide bonds. The molecule has 0 aliphatic heterocycles. The number of carboxylic acids is 1. The number of aliphatic carboxylic acids is 1. The number of nitrogens with one attached hydrogen (secondary N) is 2. The largest absolute Gasteiger partial charge is 0.480 e. The number of alkyl carbamates (subject to hydrolysis) is 1. The number of rotatable bonds is 13. The quantitative estimate of drug-likeness (QED) is 0.135. The molecule has 4 aromatic carbocycles. The van der Waals surface area contributed by atoms with Gasteiger partial charge in [-0.15, -0.1) is 0 Å². The third-order valence-electron chi connectivity index (χ3n) is 8.98. The zero-order valence-electron chi connectivity index (χ0n) is 28.9. The van der Waals surface area contributed by atoms with E-state index in [9.17, 15) is 24.3 Å². The summed E-state index contributed by atoms with van der Waals surface area (Å²) in [5, 5.41) is 19.5. The van der Waals surface area contributed by atoms with Gasteiger partial charge in [0.15, 0.2) is 11.8 Å². The molecule has 0 unspecified atom stereocenters. The Morgan fingerprint density at radius 2 is 1.41 bits per heavy atom. The second kappa shape index (κ2) is 16.1. The molecule has 272 valence electrons. The zero-order chi connectivity index (χ0) is 37.4. The van der Waals surface area contributed by atoms with Crippen LogP contribution in [0.5, 0.6) is 0 Å². The molecule has 14 nitrogen and oxygen atoms in total. The summed E-state index contributed by atoms with van der Waals surface area (Å²) in [7, 11) is 0. The highest BCUT2D eigenvalue weighted by atomic mass is 16.6. The number of carbonyl (C=O) groups is 4. The Labute approximate surface area is 309 Å². The number of aromatic nitrogens is 4. The van der Waals surface area contributed by atoms with Crippen molar-refractivity contribution < 1.29 is 33.8 Å². The fourth-order valence-corrected chi connectivity index (χ4v) is 6.52. The van der Waals surface area contributed by atoms with Crippen molar-refractivity contribution in [2.45, 2.75) is 18.6 Å². The first kappa shape index (κ1) is 35.3. The molecule has 14 heteroatoms. The standard InChI is InChI=1S/C40H35N7O7/c48-34(46(23-35(49)50)20-19-41-39(51)53-24-33-30-17-9-7-15-28(30)29-16-8-10-18-31(29)33)22-47-21-32-37(42-25-43-38(32)45-47)44-40(52)54-36(26-11-3-1-4-12-26)27-13-5-2-6-14-27/h1-18,21,25,33,36H,19-20,22-24H2,(H,41,51)(H,49,50)(H,42,43,44,45,52). The third kappa shape index (κ3) is 8.02. The van der Waals surface area contributed by atoms with E-state index in [0.717, 1.165) is 38.3 Å². The minimum absolute atomic E-state index is 0.0502. The molecule has 7 rings (SSSR count). The van der Waals surface area contributed by atoms with Crippen molar-refractivity contribution in [3.63, 3.8) is 0 Å². The summed E-state index contributed by atoms with van der Waals surface area (Å²) in [6, 6.07) is 34.6. The lowest BCUT2D eigenvalue weighted by Gasteiger charge is -2.21. The molecule has 0 radical (unpaired) electrons. The summed E-state index contributed by atoms with van der Waals surface area (Å²) < 4.78 is 12.7. The lowest BCUT2D eigenvalue weighted by Crippen LogP contribution is -2.43. The number of fused-ring (bicyclic) bond motifs is 4. The van der Waals surface area contributed by atoms with Gasteiger partial charge in [-0.05, 0) is 33.4 Å². The number of ether oxygens (including phenoxy) is 2. The van der Waals surface area contributed by atoms with Crippen LogP contribution in [-0.4, -0.2) is 80.1 Å². The lowest BCUT2D eigenvalue weighted by atomic mass is 9.98. The molecule has 0 atom stereocenters. The fourth-order valence-electron chi connectivity index (χ4n) is 6.52. The maximum absolute atomic E-state index is 13.3. The Kier molecular flexibility index (Phi) is 10.5. The van der Waals surface area contributed by atoms with Crippen LogP contribution in [0.1, 0.15) is 34.3 Å².